The number of allylic oxidation sites excluding steroid dienone is 1. The average Bonchev–Trinajstić information content (AvgIpc) is 3.50. The molecule has 5 nitrogen and oxygen atoms in total. The fourth-order valence-electron chi connectivity index (χ4n) is 4.47. The minimum absolute atomic E-state index is 0.604. The summed E-state index contributed by atoms with van der Waals surface area (Å²) >= 11 is 0. The molecule has 1 aliphatic heterocycles. The van der Waals surface area contributed by atoms with Crippen molar-refractivity contribution in [1.82, 2.24) is 4.98 Å². The molecule has 0 unspecified atom stereocenters. The minimum atomic E-state index is -3.92. The molecule has 1 aromatic heterocycles. The van der Waals surface area contributed by atoms with Crippen molar-refractivity contribution in [3.8, 4) is 11.1 Å². The third-order valence-electron chi connectivity index (χ3n) is 6.00. The van der Waals surface area contributed by atoms with Crippen LogP contribution in [0.25, 0.3) is 33.2 Å². The molecule has 0 fully saturated rings. The Morgan fingerprint density at radius 2 is 1.39 bits per heavy atom. The Morgan fingerprint density at radius 3 is 2.14 bits per heavy atom. The molecule has 178 valence electrons. The minimum Gasteiger partial charge on any atom is -0.748 e. The summed E-state index contributed by atoms with van der Waals surface area (Å²) in [5.74, 6) is 0. The molecule has 0 bridgehead atoms. The van der Waals surface area contributed by atoms with Crippen molar-refractivity contribution >= 4 is 44.1 Å². The summed E-state index contributed by atoms with van der Waals surface area (Å²) in [4.78, 5) is 6.91. The largest absolute Gasteiger partial charge is 0.748 e. The Kier molecular flexibility index (Phi) is 6.38. The van der Waals surface area contributed by atoms with Crippen LogP contribution in [0.15, 0.2) is 109 Å². The summed E-state index contributed by atoms with van der Waals surface area (Å²) in [7, 11) is -3.92. The molecule has 6 rings (SSSR count). The second-order valence-corrected chi connectivity index (χ2v) is 9.93. The van der Waals surface area contributed by atoms with E-state index in [1.54, 1.807) is 0 Å². The number of para-hydroxylation sites is 2. The number of H-pyrrole nitrogens is 1. The fourth-order valence-corrected chi connectivity index (χ4v) is 4.47. The van der Waals surface area contributed by atoms with E-state index in [2.05, 4.69) is 126 Å². The van der Waals surface area contributed by atoms with Gasteiger partial charge in [-0.05, 0) is 28.8 Å². The summed E-state index contributed by atoms with van der Waals surface area (Å²) in [5, 5.41) is 1.23. The van der Waals surface area contributed by atoms with Crippen LogP contribution in [-0.2, 0) is 10.1 Å². The number of aromatic nitrogens is 1. The van der Waals surface area contributed by atoms with Crippen LogP contribution in [0.4, 0.5) is 5.69 Å². The van der Waals surface area contributed by atoms with Crippen LogP contribution in [0.5, 0.6) is 0 Å². The van der Waals surface area contributed by atoms with E-state index in [4.69, 9.17) is 13.0 Å². The lowest BCUT2D eigenvalue weighted by Gasteiger charge is -2.11. The van der Waals surface area contributed by atoms with Gasteiger partial charge in [0, 0.05) is 40.6 Å². The highest BCUT2D eigenvalue weighted by Crippen LogP contribution is 2.38. The summed E-state index contributed by atoms with van der Waals surface area (Å²) in [6, 6.07) is 36.4. The van der Waals surface area contributed by atoms with Crippen molar-refractivity contribution in [3.63, 3.8) is 0 Å². The maximum Gasteiger partial charge on any atom is 0.211 e. The Morgan fingerprint density at radius 1 is 0.778 bits per heavy atom. The van der Waals surface area contributed by atoms with Crippen LogP contribution < -0.4 is 4.99 Å². The maximum atomic E-state index is 9.08. The van der Waals surface area contributed by atoms with Crippen molar-refractivity contribution in [3.05, 3.63) is 126 Å². The highest BCUT2D eigenvalue weighted by Gasteiger charge is 2.24. The fraction of sp³-hybridized carbons (Fsp3) is 0.0333. The molecule has 5 aromatic rings. The van der Waals surface area contributed by atoms with Crippen molar-refractivity contribution in [2.24, 2.45) is 0 Å². The maximum absolute atomic E-state index is 9.08. The number of aromatic amines is 1. The Balaban J connectivity index is 0.000000489. The van der Waals surface area contributed by atoms with Gasteiger partial charge >= 0.3 is 0 Å². The van der Waals surface area contributed by atoms with E-state index < -0.39 is 10.1 Å². The number of nitrogens with one attached hydrogen (secondary N) is 2. The normalized spacial score (nSPS) is 13.7. The van der Waals surface area contributed by atoms with Gasteiger partial charge in [0.05, 0.1) is 21.3 Å². The molecule has 0 atom stereocenters. The van der Waals surface area contributed by atoms with Gasteiger partial charge in [-0.25, -0.2) is 13.4 Å². The molecule has 4 aromatic carbocycles. The quantitative estimate of drug-likeness (QED) is 0.356. The third kappa shape index (κ3) is 5.05. The molecular formula is C30H24N2O3S. The zero-order valence-corrected chi connectivity index (χ0v) is 20.4. The zero-order valence-electron chi connectivity index (χ0n) is 19.6. The van der Waals surface area contributed by atoms with Gasteiger partial charge in [-0.1, -0.05) is 84.9 Å². The second kappa shape index (κ2) is 9.77. The van der Waals surface area contributed by atoms with E-state index in [1.165, 1.54) is 44.3 Å². The predicted molar refractivity (Wildman–Crippen MR) is 145 cm³/mol. The molecule has 0 spiro atoms. The first kappa shape index (κ1) is 23.5. The topological polar surface area (TPSA) is 87.0 Å². The lowest BCUT2D eigenvalue weighted by molar-refractivity contribution is -0.342. The van der Waals surface area contributed by atoms with E-state index in [9.17, 15) is 0 Å². The van der Waals surface area contributed by atoms with Crippen LogP contribution in [0.1, 0.15) is 16.7 Å². The van der Waals surface area contributed by atoms with Crippen LogP contribution >= 0.6 is 0 Å². The van der Waals surface area contributed by atoms with Gasteiger partial charge in [-0.3, -0.25) is 0 Å². The Labute approximate surface area is 210 Å². The number of hydrogen-bond acceptors (Lipinski definition) is 3. The first-order valence-electron chi connectivity index (χ1n) is 11.4. The van der Waals surface area contributed by atoms with Crippen molar-refractivity contribution < 1.29 is 18.0 Å². The molecule has 1 aliphatic rings. The zero-order chi connectivity index (χ0) is 25.1. The van der Waals surface area contributed by atoms with Crippen LogP contribution in [0.2, 0.25) is 0 Å². The SMILES string of the molecule is C1=[NH+]c2ccccc2C1=C(c1ccc(-c2ccccc2)cc1)c1c[nH]c2ccccc12.CS(=O)(=O)[O-]. The van der Waals surface area contributed by atoms with E-state index in [0.29, 0.717) is 6.26 Å². The Hall–Kier alpha value is -4.26. The van der Waals surface area contributed by atoms with Gasteiger partial charge in [-0.15, -0.1) is 0 Å². The van der Waals surface area contributed by atoms with Crippen LogP contribution in [-0.4, -0.2) is 30.4 Å². The number of benzene rings is 4. The van der Waals surface area contributed by atoms with E-state index in [-0.39, 0.29) is 0 Å². The standard InChI is InChI=1S/C29H20N2.CH4O3S/c1-2-8-20(9-3-1)21-14-16-22(17-15-21)29(25-18-30-27-12-6-4-10-23(25)27)26-19-31-28-13-7-5-11-24(26)28;1-5(2,3)4/h1-19,30H;1H3,(H,2,3,4). The van der Waals surface area contributed by atoms with Gasteiger partial charge < -0.3 is 9.54 Å². The van der Waals surface area contributed by atoms with Gasteiger partial charge in [0.1, 0.15) is 0 Å². The number of fused-ring (bicyclic) bond motifs is 2. The van der Waals surface area contributed by atoms with Gasteiger partial charge in [0.25, 0.3) is 0 Å². The van der Waals surface area contributed by atoms with Crippen LogP contribution in [0, 0.1) is 0 Å². The van der Waals surface area contributed by atoms with Crippen molar-refractivity contribution in [2.75, 3.05) is 6.26 Å². The lowest BCUT2D eigenvalue weighted by atomic mass is 9.89. The van der Waals surface area contributed by atoms with E-state index in [1.807, 2.05) is 0 Å². The molecular weight excluding hydrogens is 468 g/mol. The predicted octanol–water partition coefficient (Wildman–Crippen LogP) is 4.75. The van der Waals surface area contributed by atoms with Crippen LogP contribution in [0.3, 0.4) is 0 Å². The molecule has 0 amide bonds. The molecule has 0 saturated carbocycles. The number of rotatable bonds is 3. The molecule has 6 heteroatoms. The highest BCUT2D eigenvalue weighted by atomic mass is 32.2. The molecule has 2 N–H and O–H groups in total. The Bertz CT molecular complexity index is 1690. The first-order chi connectivity index (χ1) is 17.4. The molecule has 36 heavy (non-hydrogen) atoms. The van der Waals surface area contributed by atoms with Gasteiger partial charge in [0.15, 0.2) is 6.21 Å². The average molecular weight is 493 g/mol. The second-order valence-electron chi connectivity index (χ2n) is 8.52. The summed E-state index contributed by atoms with van der Waals surface area (Å²) < 4.78 is 27.2. The smallest absolute Gasteiger partial charge is 0.211 e. The summed E-state index contributed by atoms with van der Waals surface area (Å²) in [6.45, 7) is 0. The van der Waals surface area contributed by atoms with E-state index >= 15 is 0 Å². The molecule has 2 heterocycles. The van der Waals surface area contributed by atoms with Crippen molar-refractivity contribution in [1.29, 1.82) is 0 Å². The third-order valence-corrected chi connectivity index (χ3v) is 6.00. The van der Waals surface area contributed by atoms with E-state index in [0.717, 1.165) is 11.2 Å². The van der Waals surface area contributed by atoms with Gasteiger partial charge in [0.2, 0.25) is 5.69 Å². The number of hydrogen-bond donors (Lipinski definition) is 2. The molecule has 0 saturated heterocycles. The summed E-state index contributed by atoms with van der Waals surface area (Å²) in [5.41, 5.74) is 10.8. The lowest BCUT2D eigenvalue weighted by Crippen LogP contribution is -2.58. The highest BCUT2D eigenvalue weighted by molar-refractivity contribution is 7.84. The summed E-state index contributed by atoms with van der Waals surface area (Å²) in [6.07, 6.45) is 4.87. The molecule has 0 radical (unpaired) electrons. The monoisotopic (exact) mass is 492 g/mol. The van der Waals surface area contributed by atoms with Gasteiger partial charge in [-0.2, -0.15) is 0 Å². The molecule has 0 aliphatic carbocycles. The first-order valence-corrected chi connectivity index (χ1v) is 13.3. The van der Waals surface area contributed by atoms with Crippen molar-refractivity contribution in [2.45, 2.75) is 0 Å².